The lowest BCUT2D eigenvalue weighted by molar-refractivity contribution is 0.0691. The van der Waals surface area contributed by atoms with Crippen LogP contribution in [0.4, 0.5) is 0 Å². The van der Waals surface area contributed by atoms with Crippen LogP contribution in [0.15, 0.2) is 43.1 Å². The SMILES string of the molecule is O=C(O)c1cn(-c2ncnc3ccccc23)cn1. The van der Waals surface area contributed by atoms with E-state index in [4.69, 9.17) is 5.11 Å². The molecule has 0 aliphatic rings. The summed E-state index contributed by atoms with van der Waals surface area (Å²) in [5, 5.41) is 9.69. The Morgan fingerprint density at radius 2 is 2.00 bits per heavy atom. The van der Waals surface area contributed by atoms with Gasteiger partial charge in [0, 0.05) is 11.6 Å². The summed E-state index contributed by atoms with van der Waals surface area (Å²) in [4.78, 5) is 22.9. The molecule has 0 fully saturated rings. The number of benzene rings is 1. The number of hydrogen-bond acceptors (Lipinski definition) is 4. The van der Waals surface area contributed by atoms with Gasteiger partial charge in [0.2, 0.25) is 0 Å². The second kappa shape index (κ2) is 3.92. The highest BCUT2D eigenvalue weighted by Gasteiger charge is 2.10. The van der Waals surface area contributed by atoms with Crippen molar-refractivity contribution < 1.29 is 9.90 Å². The summed E-state index contributed by atoms with van der Waals surface area (Å²) in [6.07, 6.45) is 4.30. The summed E-state index contributed by atoms with van der Waals surface area (Å²) in [6, 6.07) is 7.51. The summed E-state index contributed by atoms with van der Waals surface area (Å²) in [5.74, 6) is -0.451. The van der Waals surface area contributed by atoms with Gasteiger partial charge in [-0.1, -0.05) is 12.1 Å². The normalized spacial score (nSPS) is 10.7. The molecule has 2 heterocycles. The minimum atomic E-state index is -1.06. The van der Waals surface area contributed by atoms with E-state index >= 15 is 0 Å². The Hall–Kier alpha value is -2.76. The van der Waals surface area contributed by atoms with Crippen molar-refractivity contribution >= 4 is 16.9 Å². The highest BCUT2D eigenvalue weighted by Crippen LogP contribution is 2.17. The molecule has 3 aromatic rings. The summed E-state index contributed by atoms with van der Waals surface area (Å²) in [7, 11) is 0. The van der Waals surface area contributed by atoms with Crippen LogP contribution < -0.4 is 0 Å². The van der Waals surface area contributed by atoms with Gasteiger partial charge in [0.25, 0.3) is 0 Å². The predicted octanol–water partition coefficient (Wildman–Crippen LogP) is 1.51. The largest absolute Gasteiger partial charge is 0.476 e. The van der Waals surface area contributed by atoms with Crippen LogP contribution >= 0.6 is 0 Å². The molecule has 6 heteroatoms. The van der Waals surface area contributed by atoms with Crippen LogP contribution in [0.1, 0.15) is 10.5 Å². The van der Waals surface area contributed by atoms with Crippen LogP contribution in [-0.4, -0.2) is 30.6 Å². The van der Waals surface area contributed by atoms with Crippen LogP contribution in [0.5, 0.6) is 0 Å². The second-order valence-corrected chi connectivity index (χ2v) is 3.69. The van der Waals surface area contributed by atoms with E-state index in [1.54, 1.807) is 4.57 Å². The van der Waals surface area contributed by atoms with Crippen molar-refractivity contribution in [3.8, 4) is 5.82 Å². The van der Waals surface area contributed by atoms with Crippen molar-refractivity contribution in [2.75, 3.05) is 0 Å². The Labute approximate surface area is 102 Å². The fourth-order valence-corrected chi connectivity index (χ4v) is 1.75. The standard InChI is InChI=1S/C12H8N4O2/c17-12(18)10-5-16(7-15-10)11-8-3-1-2-4-9(8)13-6-14-11/h1-7H,(H,17,18). The van der Waals surface area contributed by atoms with Crippen molar-refractivity contribution in [1.82, 2.24) is 19.5 Å². The van der Waals surface area contributed by atoms with Crippen LogP contribution in [0.2, 0.25) is 0 Å². The molecule has 18 heavy (non-hydrogen) atoms. The molecule has 3 rings (SSSR count). The van der Waals surface area contributed by atoms with Crippen LogP contribution in [0, 0.1) is 0 Å². The molecule has 6 nitrogen and oxygen atoms in total. The van der Waals surface area contributed by atoms with Gasteiger partial charge in [-0.15, -0.1) is 0 Å². The molecule has 0 atom stereocenters. The van der Waals surface area contributed by atoms with E-state index in [0.717, 1.165) is 10.9 Å². The summed E-state index contributed by atoms with van der Waals surface area (Å²) in [6.45, 7) is 0. The minimum Gasteiger partial charge on any atom is -0.476 e. The van der Waals surface area contributed by atoms with Gasteiger partial charge >= 0.3 is 5.97 Å². The number of aromatic nitrogens is 4. The quantitative estimate of drug-likeness (QED) is 0.734. The maximum atomic E-state index is 10.8. The molecule has 1 aromatic carbocycles. The van der Waals surface area contributed by atoms with Gasteiger partial charge in [-0.05, 0) is 12.1 Å². The first-order valence-corrected chi connectivity index (χ1v) is 5.23. The van der Waals surface area contributed by atoms with Crippen LogP contribution in [0.25, 0.3) is 16.7 Å². The molecule has 1 N–H and O–H groups in total. The number of carbonyl (C=O) groups is 1. The maximum absolute atomic E-state index is 10.8. The van der Waals surface area contributed by atoms with E-state index in [1.807, 2.05) is 24.3 Å². The Bertz CT molecular complexity index is 730. The van der Waals surface area contributed by atoms with Gasteiger partial charge in [0.1, 0.15) is 18.5 Å². The Morgan fingerprint density at radius 3 is 2.78 bits per heavy atom. The molecular formula is C12H8N4O2. The molecule has 0 bridgehead atoms. The van der Waals surface area contributed by atoms with E-state index < -0.39 is 5.97 Å². The first kappa shape index (κ1) is 10.4. The monoisotopic (exact) mass is 240 g/mol. The summed E-state index contributed by atoms with van der Waals surface area (Å²) < 4.78 is 1.58. The third kappa shape index (κ3) is 1.60. The zero-order valence-corrected chi connectivity index (χ0v) is 9.19. The first-order chi connectivity index (χ1) is 8.75. The highest BCUT2D eigenvalue weighted by atomic mass is 16.4. The van der Waals surface area contributed by atoms with E-state index in [1.165, 1.54) is 18.9 Å². The third-order valence-corrected chi connectivity index (χ3v) is 2.57. The second-order valence-electron chi connectivity index (χ2n) is 3.69. The number of fused-ring (bicyclic) bond motifs is 1. The number of carboxylic acids is 1. The molecule has 0 saturated heterocycles. The van der Waals surface area contributed by atoms with Gasteiger partial charge in [0.05, 0.1) is 5.52 Å². The molecule has 0 radical (unpaired) electrons. The number of hydrogen-bond donors (Lipinski definition) is 1. The number of nitrogens with zero attached hydrogens (tertiary/aromatic N) is 4. The number of carboxylic acid groups (broad SMARTS) is 1. The average Bonchev–Trinajstić information content (AvgIpc) is 2.87. The molecule has 0 unspecified atom stereocenters. The summed E-state index contributed by atoms with van der Waals surface area (Å²) >= 11 is 0. The Balaban J connectivity index is 2.21. The topological polar surface area (TPSA) is 80.9 Å². The minimum absolute atomic E-state index is 0.0160. The van der Waals surface area contributed by atoms with Crippen LogP contribution in [0.3, 0.4) is 0 Å². The van der Waals surface area contributed by atoms with Crippen molar-refractivity contribution in [3.63, 3.8) is 0 Å². The van der Waals surface area contributed by atoms with E-state index in [2.05, 4.69) is 15.0 Å². The van der Waals surface area contributed by atoms with Gasteiger partial charge in [-0.3, -0.25) is 4.57 Å². The lowest BCUT2D eigenvalue weighted by atomic mass is 10.2. The smallest absolute Gasteiger partial charge is 0.356 e. The van der Waals surface area contributed by atoms with Crippen LogP contribution in [-0.2, 0) is 0 Å². The maximum Gasteiger partial charge on any atom is 0.356 e. The Morgan fingerprint density at radius 1 is 1.17 bits per heavy atom. The number of imidazole rings is 1. The molecule has 88 valence electrons. The lowest BCUT2D eigenvalue weighted by Gasteiger charge is -2.04. The van der Waals surface area contributed by atoms with E-state index in [0.29, 0.717) is 5.82 Å². The highest BCUT2D eigenvalue weighted by molar-refractivity contribution is 5.87. The van der Waals surface area contributed by atoms with Crippen molar-refractivity contribution in [2.45, 2.75) is 0 Å². The molecule has 0 amide bonds. The Kier molecular flexibility index (Phi) is 2.26. The summed E-state index contributed by atoms with van der Waals surface area (Å²) in [5.41, 5.74) is 0.783. The molecule has 0 saturated carbocycles. The van der Waals surface area contributed by atoms with Gasteiger partial charge < -0.3 is 5.11 Å². The first-order valence-electron chi connectivity index (χ1n) is 5.23. The average molecular weight is 240 g/mol. The lowest BCUT2D eigenvalue weighted by Crippen LogP contribution is -1.98. The molecule has 0 spiro atoms. The molecule has 0 aliphatic heterocycles. The number of aromatic carboxylic acids is 1. The molecular weight excluding hydrogens is 232 g/mol. The van der Waals surface area contributed by atoms with E-state index in [9.17, 15) is 4.79 Å². The zero-order chi connectivity index (χ0) is 12.5. The van der Waals surface area contributed by atoms with Crippen molar-refractivity contribution in [1.29, 1.82) is 0 Å². The fraction of sp³-hybridized carbons (Fsp3) is 0. The predicted molar refractivity (Wildman–Crippen MR) is 63.6 cm³/mol. The van der Waals surface area contributed by atoms with Gasteiger partial charge in [0.15, 0.2) is 5.69 Å². The third-order valence-electron chi connectivity index (χ3n) is 2.57. The number of rotatable bonds is 2. The van der Waals surface area contributed by atoms with Crippen molar-refractivity contribution in [2.24, 2.45) is 0 Å². The molecule has 2 aromatic heterocycles. The number of para-hydroxylation sites is 1. The molecule has 0 aliphatic carbocycles. The fourth-order valence-electron chi connectivity index (χ4n) is 1.75. The van der Waals surface area contributed by atoms with E-state index in [-0.39, 0.29) is 5.69 Å². The van der Waals surface area contributed by atoms with Crippen molar-refractivity contribution in [3.05, 3.63) is 48.8 Å². The van der Waals surface area contributed by atoms with Gasteiger partial charge in [-0.2, -0.15) is 0 Å². The zero-order valence-electron chi connectivity index (χ0n) is 9.19. The van der Waals surface area contributed by atoms with Gasteiger partial charge in [-0.25, -0.2) is 19.7 Å².